The molecule has 2 bridgehead atoms. The molecule has 3 aliphatic heterocycles. The van der Waals surface area contributed by atoms with Gasteiger partial charge in [-0.25, -0.2) is 0 Å². The van der Waals surface area contributed by atoms with E-state index in [2.05, 4.69) is 0 Å². The molecule has 0 amide bonds. The standard InChI is InChI=1S/C6H12BO4P/c8-12-4-1-9-7(10-2-5-12)11-3-6-12/h1-6H2. The van der Waals surface area contributed by atoms with E-state index in [-0.39, 0.29) is 0 Å². The molecule has 4 nitrogen and oxygen atoms in total. The van der Waals surface area contributed by atoms with Crippen LogP contribution in [-0.4, -0.2) is 45.6 Å². The Morgan fingerprint density at radius 3 is 1.75 bits per heavy atom. The Bertz CT molecular complexity index is 176. The molecule has 0 spiro atoms. The van der Waals surface area contributed by atoms with E-state index in [9.17, 15) is 4.57 Å². The normalized spacial score (nSPS) is 29.2. The van der Waals surface area contributed by atoms with Crippen LogP contribution in [0.5, 0.6) is 0 Å². The van der Waals surface area contributed by atoms with Crippen molar-refractivity contribution in [2.24, 2.45) is 0 Å². The molecule has 3 saturated heterocycles. The molecule has 0 saturated carbocycles. The monoisotopic (exact) mass is 190 g/mol. The van der Waals surface area contributed by atoms with Gasteiger partial charge in [0.2, 0.25) is 0 Å². The zero-order valence-electron chi connectivity index (χ0n) is 6.90. The minimum atomic E-state index is -2.02. The van der Waals surface area contributed by atoms with Gasteiger partial charge in [0.05, 0.1) is 7.14 Å². The van der Waals surface area contributed by atoms with E-state index in [0.717, 1.165) is 0 Å². The maximum absolute atomic E-state index is 12.0. The number of fused-ring (bicyclic) bond motifs is 6. The highest BCUT2D eigenvalue weighted by molar-refractivity contribution is 7.64. The minimum absolute atomic E-state index is 0.502. The Labute approximate surface area is 72.1 Å². The van der Waals surface area contributed by atoms with Gasteiger partial charge < -0.3 is 18.5 Å². The number of hydrogen-bond acceptors (Lipinski definition) is 4. The molecule has 0 radical (unpaired) electrons. The van der Waals surface area contributed by atoms with Crippen LogP contribution in [0, 0.1) is 0 Å². The molecule has 0 aromatic carbocycles. The average Bonchev–Trinajstić information content (AvgIpc) is 1.93. The molecule has 0 aliphatic carbocycles. The van der Waals surface area contributed by atoms with Crippen molar-refractivity contribution in [1.82, 2.24) is 0 Å². The highest BCUT2D eigenvalue weighted by Crippen LogP contribution is 2.46. The van der Waals surface area contributed by atoms with Gasteiger partial charge in [0.15, 0.2) is 0 Å². The summed E-state index contributed by atoms with van der Waals surface area (Å²) in [5.41, 5.74) is 0. The van der Waals surface area contributed by atoms with Crippen LogP contribution in [0.2, 0.25) is 0 Å². The van der Waals surface area contributed by atoms with Crippen LogP contribution in [-0.2, 0) is 18.5 Å². The zero-order valence-corrected chi connectivity index (χ0v) is 7.79. The zero-order chi connectivity index (χ0) is 8.44. The van der Waals surface area contributed by atoms with Crippen LogP contribution in [0.25, 0.3) is 0 Å². The summed E-state index contributed by atoms with van der Waals surface area (Å²) in [4.78, 5) is 0. The summed E-state index contributed by atoms with van der Waals surface area (Å²) in [7, 11) is -2.54. The van der Waals surface area contributed by atoms with Crippen molar-refractivity contribution < 1.29 is 18.5 Å². The van der Waals surface area contributed by atoms with Gasteiger partial charge in [0.25, 0.3) is 0 Å². The second-order valence-corrected chi connectivity index (χ2v) is 6.59. The first kappa shape index (κ1) is 8.76. The van der Waals surface area contributed by atoms with E-state index in [1.54, 1.807) is 0 Å². The van der Waals surface area contributed by atoms with Crippen molar-refractivity contribution in [3.8, 4) is 0 Å². The molecule has 3 fully saturated rings. The molecule has 0 unspecified atom stereocenters. The topological polar surface area (TPSA) is 44.8 Å². The van der Waals surface area contributed by atoms with Crippen LogP contribution < -0.4 is 0 Å². The molecule has 0 atom stereocenters. The van der Waals surface area contributed by atoms with Gasteiger partial charge in [0, 0.05) is 38.3 Å². The van der Waals surface area contributed by atoms with E-state index in [1.165, 1.54) is 0 Å². The second-order valence-electron chi connectivity index (χ2n) is 3.13. The van der Waals surface area contributed by atoms with Gasteiger partial charge in [-0.1, -0.05) is 0 Å². The van der Waals surface area contributed by atoms with E-state index in [4.69, 9.17) is 14.0 Å². The molecule has 0 aromatic heterocycles. The number of rotatable bonds is 0. The van der Waals surface area contributed by atoms with Crippen LogP contribution in [0.15, 0.2) is 0 Å². The molecule has 3 aliphatic rings. The Morgan fingerprint density at radius 1 is 0.917 bits per heavy atom. The van der Waals surface area contributed by atoms with Crippen LogP contribution in [0.4, 0.5) is 0 Å². The third-order valence-electron chi connectivity index (χ3n) is 2.26. The summed E-state index contributed by atoms with van der Waals surface area (Å²) in [6, 6.07) is 0. The van der Waals surface area contributed by atoms with Crippen molar-refractivity contribution in [3.05, 3.63) is 0 Å². The average molecular weight is 190 g/mol. The van der Waals surface area contributed by atoms with Crippen LogP contribution in [0.1, 0.15) is 0 Å². The van der Waals surface area contributed by atoms with Gasteiger partial charge in [-0.3, -0.25) is 0 Å². The first-order chi connectivity index (χ1) is 5.79. The van der Waals surface area contributed by atoms with E-state index in [1.807, 2.05) is 0 Å². The van der Waals surface area contributed by atoms with Crippen molar-refractivity contribution in [1.29, 1.82) is 0 Å². The molecule has 3 rings (SSSR count). The molecule has 68 valence electrons. The van der Waals surface area contributed by atoms with Crippen LogP contribution in [0.3, 0.4) is 0 Å². The third-order valence-corrected chi connectivity index (χ3v) is 5.25. The molecule has 12 heavy (non-hydrogen) atoms. The van der Waals surface area contributed by atoms with E-state index in [0.29, 0.717) is 38.3 Å². The highest BCUT2D eigenvalue weighted by Gasteiger charge is 2.33. The second kappa shape index (κ2) is 3.50. The summed E-state index contributed by atoms with van der Waals surface area (Å²) in [5, 5.41) is 0. The Balaban J connectivity index is 2.11. The third kappa shape index (κ3) is 1.91. The summed E-state index contributed by atoms with van der Waals surface area (Å²) in [6.45, 7) is 1.51. The first-order valence-electron chi connectivity index (χ1n) is 4.20. The van der Waals surface area contributed by atoms with Crippen molar-refractivity contribution in [2.45, 2.75) is 0 Å². The maximum Gasteiger partial charge on any atom is 0.639 e. The SMILES string of the molecule is O=P12CCOB(OCC1)OCC2. The molecule has 0 aromatic rings. The van der Waals surface area contributed by atoms with Crippen molar-refractivity contribution in [3.63, 3.8) is 0 Å². The highest BCUT2D eigenvalue weighted by atomic mass is 31.2. The maximum atomic E-state index is 12.0. The molecule has 0 N–H and O–H groups in total. The predicted octanol–water partition coefficient (Wildman–Crippen LogP) is 0.411. The van der Waals surface area contributed by atoms with Crippen molar-refractivity contribution >= 4 is 14.5 Å². The van der Waals surface area contributed by atoms with E-state index >= 15 is 0 Å². The van der Waals surface area contributed by atoms with Gasteiger partial charge in [-0.2, -0.15) is 0 Å². The fourth-order valence-corrected chi connectivity index (χ4v) is 3.41. The molecule has 3 heterocycles. The van der Waals surface area contributed by atoms with Crippen molar-refractivity contribution in [2.75, 3.05) is 38.3 Å². The van der Waals surface area contributed by atoms with Crippen LogP contribution >= 0.6 is 7.14 Å². The number of hydrogen-bond donors (Lipinski definition) is 0. The summed E-state index contributed by atoms with van der Waals surface area (Å²) < 4.78 is 27.6. The first-order valence-corrected chi connectivity index (χ1v) is 6.47. The van der Waals surface area contributed by atoms with Gasteiger partial charge >= 0.3 is 7.32 Å². The Morgan fingerprint density at radius 2 is 1.33 bits per heavy atom. The van der Waals surface area contributed by atoms with E-state index < -0.39 is 14.5 Å². The predicted molar refractivity (Wildman–Crippen MR) is 45.8 cm³/mol. The Hall–Kier alpha value is 0.175. The lowest BCUT2D eigenvalue weighted by molar-refractivity contribution is 0.0994. The fourth-order valence-electron chi connectivity index (χ4n) is 1.43. The Kier molecular flexibility index (Phi) is 2.56. The fraction of sp³-hybridized carbons (Fsp3) is 1.00. The lowest BCUT2D eigenvalue weighted by Gasteiger charge is -2.27. The lowest BCUT2D eigenvalue weighted by Crippen LogP contribution is -2.36. The van der Waals surface area contributed by atoms with Gasteiger partial charge in [-0.05, 0) is 0 Å². The molecular formula is C6H12BO4P. The largest absolute Gasteiger partial charge is 0.639 e. The molecular weight excluding hydrogens is 178 g/mol. The van der Waals surface area contributed by atoms with Gasteiger partial charge in [0.1, 0.15) is 0 Å². The minimum Gasteiger partial charge on any atom is -0.385 e. The lowest BCUT2D eigenvalue weighted by atomic mass is 10.2. The summed E-state index contributed by atoms with van der Waals surface area (Å²) in [6.07, 6.45) is 2.07. The summed E-state index contributed by atoms with van der Waals surface area (Å²) >= 11 is 0. The molecule has 6 heteroatoms. The smallest absolute Gasteiger partial charge is 0.385 e. The van der Waals surface area contributed by atoms with Gasteiger partial charge in [-0.15, -0.1) is 0 Å². The summed E-state index contributed by atoms with van der Waals surface area (Å²) in [5.74, 6) is 0. The quantitative estimate of drug-likeness (QED) is 0.409.